The molecule has 2 heteroatoms. The normalized spacial score (nSPS) is 22.9. The van der Waals surface area contributed by atoms with Crippen molar-refractivity contribution in [2.75, 3.05) is 27.2 Å². The van der Waals surface area contributed by atoms with Gasteiger partial charge in [0, 0.05) is 6.54 Å². The Morgan fingerprint density at radius 2 is 1.73 bits per heavy atom. The van der Waals surface area contributed by atoms with Crippen LogP contribution in [0.3, 0.4) is 0 Å². The minimum Gasteiger partial charge on any atom is -0.333 e. The first-order valence-corrected chi connectivity index (χ1v) is 4.55. The summed E-state index contributed by atoms with van der Waals surface area (Å²) in [5, 5.41) is 0. The van der Waals surface area contributed by atoms with E-state index >= 15 is 0 Å². The molecule has 2 N–H and O–H groups in total. The molecule has 1 aliphatic rings. The van der Waals surface area contributed by atoms with E-state index in [1.807, 2.05) is 13.8 Å². The van der Waals surface area contributed by atoms with E-state index < -0.39 is 0 Å². The van der Waals surface area contributed by atoms with E-state index in [0.717, 1.165) is 5.92 Å². The Labute approximate surface area is 71.8 Å². The molecule has 70 valence electrons. The van der Waals surface area contributed by atoms with Gasteiger partial charge in [-0.15, -0.1) is 0 Å². The summed E-state index contributed by atoms with van der Waals surface area (Å²) in [6, 6.07) is 0. The molecule has 11 heavy (non-hydrogen) atoms. The maximum absolute atomic E-state index is 4.50. The van der Waals surface area contributed by atoms with Crippen LogP contribution in [0.4, 0.5) is 0 Å². The summed E-state index contributed by atoms with van der Waals surface area (Å²) in [7, 11) is 3.68. The largest absolute Gasteiger partial charge is 0.333 e. The van der Waals surface area contributed by atoms with Gasteiger partial charge in [0.25, 0.3) is 0 Å². The summed E-state index contributed by atoms with van der Waals surface area (Å²) in [6.07, 6.45) is 1.40. The maximum Gasteiger partial charge on any atom is 0.000445 e. The van der Waals surface area contributed by atoms with Crippen molar-refractivity contribution in [2.45, 2.75) is 27.2 Å². The van der Waals surface area contributed by atoms with Gasteiger partial charge in [0.2, 0.25) is 0 Å². The van der Waals surface area contributed by atoms with Gasteiger partial charge in [-0.25, -0.2) is 0 Å². The molecule has 0 saturated carbocycles. The fraction of sp³-hybridized carbons (Fsp3) is 1.00. The number of nitrogens with two attached hydrogens (primary N) is 1. The third kappa shape index (κ3) is 7.82. The van der Waals surface area contributed by atoms with Crippen LogP contribution in [0.15, 0.2) is 0 Å². The second-order valence-corrected chi connectivity index (χ2v) is 2.66. The van der Waals surface area contributed by atoms with Crippen LogP contribution in [0.2, 0.25) is 0 Å². The number of hydrogen-bond acceptors (Lipinski definition) is 2. The van der Waals surface area contributed by atoms with E-state index in [0.29, 0.717) is 0 Å². The molecule has 0 aromatic rings. The molecule has 1 aliphatic heterocycles. The third-order valence-corrected chi connectivity index (χ3v) is 1.63. The second kappa shape index (κ2) is 9.92. The summed E-state index contributed by atoms with van der Waals surface area (Å²) in [5.74, 6) is 0.949. The average molecular weight is 160 g/mol. The third-order valence-electron chi connectivity index (χ3n) is 1.63. The van der Waals surface area contributed by atoms with Crippen molar-refractivity contribution in [3.05, 3.63) is 0 Å². The highest BCUT2D eigenvalue weighted by Crippen LogP contribution is 2.11. The molecule has 1 saturated heterocycles. The molecule has 1 fully saturated rings. The minimum absolute atomic E-state index is 0.949. The molecule has 1 atom stereocenters. The van der Waals surface area contributed by atoms with E-state index in [4.69, 9.17) is 0 Å². The Balaban J connectivity index is 0. The lowest BCUT2D eigenvalue weighted by atomic mass is 10.2. The maximum atomic E-state index is 4.50. The van der Waals surface area contributed by atoms with Crippen molar-refractivity contribution in [1.82, 2.24) is 4.90 Å². The lowest BCUT2D eigenvalue weighted by Crippen LogP contribution is -2.12. The molecule has 1 rings (SSSR count). The summed E-state index contributed by atoms with van der Waals surface area (Å²) < 4.78 is 0. The predicted molar refractivity (Wildman–Crippen MR) is 52.7 cm³/mol. The van der Waals surface area contributed by atoms with Crippen LogP contribution in [-0.4, -0.2) is 32.1 Å². The molecule has 0 aromatic heterocycles. The van der Waals surface area contributed by atoms with Gasteiger partial charge in [-0.1, -0.05) is 20.8 Å². The molecule has 0 amide bonds. The number of rotatable bonds is 0. The van der Waals surface area contributed by atoms with Crippen LogP contribution in [-0.2, 0) is 0 Å². The SMILES string of the molecule is CC.CC1CCN(C)C1.CN. The van der Waals surface area contributed by atoms with Crippen LogP contribution in [0.5, 0.6) is 0 Å². The summed E-state index contributed by atoms with van der Waals surface area (Å²) in [4.78, 5) is 2.38. The smallest absolute Gasteiger partial charge is 0.000445 e. The first-order valence-electron chi connectivity index (χ1n) is 4.55. The van der Waals surface area contributed by atoms with Crippen molar-refractivity contribution in [3.8, 4) is 0 Å². The van der Waals surface area contributed by atoms with Gasteiger partial charge in [0.1, 0.15) is 0 Å². The van der Waals surface area contributed by atoms with Gasteiger partial charge in [0.05, 0.1) is 0 Å². The van der Waals surface area contributed by atoms with Gasteiger partial charge in [-0.05, 0) is 33.0 Å². The molecular weight excluding hydrogens is 136 g/mol. The van der Waals surface area contributed by atoms with Crippen LogP contribution in [0.1, 0.15) is 27.2 Å². The highest BCUT2D eigenvalue weighted by molar-refractivity contribution is 4.67. The Morgan fingerprint density at radius 1 is 1.27 bits per heavy atom. The zero-order chi connectivity index (χ0) is 9.28. The fourth-order valence-corrected chi connectivity index (χ4v) is 1.16. The van der Waals surface area contributed by atoms with E-state index in [-0.39, 0.29) is 0 Å². The van der Waals surface area contributed by atoms with Gasteiger partial charge in [-0.2, -0.15) is 0 Å². The molecule has 1 unspecified atom stereocenters. The number of hydrogen-bond donors (Lipinski definition) is 1. The Bertz CT molecular complexity index is 56.6. The monoisotopic (exact) mass is 160 g/mol. The van der Waals surface area contributed by atoms with E-state index in [9.17, 15) is 0 Å². The molecule has 0 aliphatic carbocycles. The molecular formula is C9H24N2. The topological polar surface area (TPSA) is 29.3 Å². The lowest BCUT2D eigenvalue weighted by molar-refractivity contribution is 0.402. The highest BCUT2D eigenvalue weighted by atomic mass is 15.1. The molecule has 0 spiro atoms. The van der Waals surface area contributed by atoms with E-state index in [1.54, 1.807) is 0 Å². The van der Waals surface area contributed by atoms with Gasteiger partial charge in [-0.3, -0.25) is 0 Å². The Morgan fingerprint density at radius 3 is 1.82 bits per heavy atom. The Kier molecular flexibility index (Phi) is 12.2. The average Bonchev–Trinajstić information content (AvgIpc) is 2.43. The Hall–Kier alpha value is -0.0800. The van der Waals surface area contributed by atoms with Gasteiger partial charge < -0.3 is 10.6 Å². The zero-order valence-electron chi connectivity index (χ0n) is 8.72. The molecule has 2 nitrogen and oxygen atoms in total. The van der Waals surface area contributed by atoms with Crippen molar-refractivity contribution >= 4 is 0 Å². The molecule has 1 heterocycles. The van der Waals surface area contributed by atoms with E-state index in [2.05, 4.69) is 24.6 Å². The van der Waals surface area contributed by atoms with E-state index in [1.165, 1.54) is 26.6 Å². The van der Waals surface area contributed by atoms with Gasteiger partial charge >= 0.3 is 0 Å². The quantitative estimate of drug-likeness (QED) is 0.582. The van der Waals surface area contributed by atoms with Crippen molar-refractivity contribution in [3.63, 3.8) is 0 Å². The standard InChI is InChI=1S/C6H13N.C2H6.CH5N/c1-6-3-4-7(2)5-6;2*1-2/h6H,3-5H2,1-2H3;1-2H3;2H2,1H3. The van der Waals surface area contributed by atoms with Crippen molar-refractivity contribution in [2.24, 2.45) is 11.7 Å². The summed E-state index contributed by atoms with van der Waals surface area (Å²) in [5.41, 5.74) is 4.50. The zero-order valence-corrected chi connectivity index (χ0v) is 8.72. The number of nitrogens with zero attached hydrogens (tertiary/aromatic N) is 1. The summed E-state index contributed by atoms with van der Waals surface area (Å²) in [6.45, 7) is 8.92. The fourth-order valence-electron chi connectivity index (χ4n) is 1.16. The van der Waals surface area contributed by atoms with Crippen LogP contribution < -0.4 is 5.73 Å². The highest BCUT2D eigenvalue weighted by Gasteiger charge is 2.13. The first kappa shape index (κ1) is 13.5. The summed E-state index contributed by atoms with van der Waals surface area (Å²) >= 11 is 0. The molecule has 0 radical (unpaired) electrons. The lowest BCUT2D eigenvalue weighted by Gasteiger charge is -2.03. The van der Waals surface area contributed by atoms with Crippen LogP contribution >= 0.6 is 0 Å². The molecule has 0 aromatic carbocycles. The van der Waals surface area contributed by atoms with Crippen LogP contribution in [0, 0.1) is 5.92 Å². The van der Waals surface area contributed by atoms with Gasteiger partial charge in [0.15, 0.2) is 0 Å². The van der Waals surface area contributed by atoms with Crippen LogP contribution in [0.25, 0.3) is 0 Å². The van der Waals surface area contributed by atoms with Crippen molar-refractivity contribution in [1.29, 1.82) is 0 Å². The first-order chi connectivity index (χ1) is 5.29. The predicted octanol–water partition coefficient (Wildman–Crippen LogP) is 1.56. The van der Waals surface area contributed by atoms with Crippen molar-refractivity contribution < 1.29 is 0 Å². The minimum atomic E-state index is 0.949. The second-order valence-electron chi connectivity index (χ2n) is 2.66. The molecule has 0 bridgehead atoms. The number of likely N-dealkylation sites (tertiary alicyclic amines) is 1.